The van der Waals surface area contributed by atoms with E-state index < -0.39 is 0 Å². The van der Waals surface area contributed by atoms with Gasteiger partial charge >= 0.3 is 0 Å². The summed E-state index contributed by atoms with van der Waals surface area (Å²) in [7, 11) is 0. The van der Waals surface area contributed by atoms with Gasteiger partial charge in [0, 0.05) is 19.0 Å². The van der Waals surface area contributed by atoms with Crippen LogP contribution in [-0.4, -0.2) is 24.3 Å². The topological polar surface area (TPSA) is 32.3 Å². The van der Waals surface area contributed by atoms with Gasteiger partial charge in [-0.2, -0.15) is 0 Å². The molecule has 0 aromatic heterocycles. The van der Waals surface area contributed by atoms with E-state index in [-0.39, 0.29) is 6.10 Å². The van der Waals surface area contributed by atoms with Crippen LogP contribution in [0.15, 0.2) is 0 Å². The van der Waals surface area contributed by atoms with E-state index >= 15 is 0 Å². The Bertz CT molecular complexity index is 122. The molecular weight excluding hydrogens is 126 g/mol. The first-order valence-corrected chi connectivity index (χ1v) is 4.26. The normalized spacial score (nSPS) is 41.7. The lowest BCUT2D eigenvalue weighted by Crippen LogP contribution is -2.30. The van der Waals surface area contributed by atoms with Gasteiger partial charge in [-0.1, -0.05) is 19.3 Å². The zero-order chi connectivity index (χ0) is 6.97. The van der Waals surface area contributed by atoms with Crippen LogP contribution in [0.3, 0.4) is 0 Å². The lowest BCUT2D eigenvalue weighted by atomic mass is 9.75. The minimum atomic E-state index is -0.0506. The highest BCUT2D eigenvalue weighted by molar-refractivity contribution is 4.88. The lowest BCUT2D eigenvalue weighted by Gasteiger charge is -2.32. The standard InChI is InChI=1S/C8H15NO/c10-8-5-9-4-7(8)6-2-1-3-6/h6-10H,1-5H2/t7-,8+/m1/s1. The average Bonchev–Trinajstić information content (AvgIpc) is 2.12. The smallest absolute Gasteiger partial charge is 0.0707 e. The molecule has 2 atom stereocenters. The summed E-state index contributed by atoms with van der Waals surface area (Å²) in [4.78, 5) is 0. The maximum Gasteiger partial charge on any atom is 0.0707 e. The highest BCUT2D eigenvalue weighted by Gasteiger charge is 2.35. The van der Waals surface area contributed by atoms with E-state index in [0.29, 0.717) is 5.92 Å². The van der Waals surface area contributed by atoms with Crippen molar-refractivity contribution >= 4 is 0 Å². The predicted octanol–water partition coefficient (Wildman–Crippen LogP) is 0.367. The molecule has 58 valence electrons. The van der Waals surface area contributed by atoms with Gasteiger partial charge in [-0.25, -0.2) is 0 Å². The molecule has 0 amide bonds. The number of rotatable bonds is 1. The molecule has 0 unspecified atom stereocenters. The van der Waals surface area contributed by atoms with Gasteiger partial charge in [-0.3, -0.25) is 0 Å². The van der Waals surface area contributed by atoms with E-state index in [2.05, 4.69) is 5.32 Å². The Morgan fingerprint density at radius 1 is 1.20 bits per heavy atom. The second-order valence-electron chi connectivity index (χ2n) is 3.58. The molecule has 2 heteroatoms. The molecule has 1 aliphatic carbocycles. The summed E-state index contributed by atoms with van der Waals surface area (Å²) in [5, 5.41) is 12.7. The van der Waals surface area contributed by atoms with Gasteiger partial charge in [0.25, 0.3) is 0 Å². The zero-order valence-electron chi connectivity index (χ0n) is 6.21. The summed E-state index contributed by atoms with van der Waals surface area (Å²) < 4.78 is 0. The van der Waals surface area contributed by atoms with Crippen molar-refractivity contribution in [2.24, 2.45) is 11.8 Å². The Kier molecular flexibility index (Phi) is 1.66. The quantitative estimate of drug-likeness (QED) is 0.553. The fourth-order valence-corrected chi connectivity index (χ4v) is 2.03. The van der Waals surface area contributed by atoms with Crippen LogP contribution < -0.4 is 5.32 Å². The van der Waals surface area contributed by atoms with Crippen molar-refractivity contribution in [2.75, 3.05) is 13.1 Å². The molecule has 1 saturated carbocycles. The van der Waals surface area contributed by atoms with E-state index in [9.17, 15) is 5.11 Å². The molecular formula is C8H15NO. The van der Waals surface area contributed by atoms with Crippen LogP contribution in [0.5, 0.6) is 0 Å². The molecule has 2 nitrogen and oxygen atoms in total. The van der Waals surface area contributed by atoms with Crippen molar-refractivity contribution in [1.29, 1.82) is 0 Å². The third-order valence-electron chi connectivity index (χ3n) is 2.98. The second kappa shape index (κ2) is 2.51. The Hall–Kier alpha value is -0.0800. The van der Waals surface area contributed by atoms with Crippen molar-refractivity contribution in [1.82, 2.24) is 5.32 Å². The van der Waals surface area contributed by atoms with Crippen LogP contribution in [0.25, 0.3) is 0 Å². The summed E-state index contributed by atoms with van der Waals surface area (Å²) >= 11 is 0. The number of β-amino-alcohol motifs (C(OH)–C–C–N with tert-alkyl or cyclic N) is 1. The van der Waals surface area contributed by atoms with E-state index in [1.165, 1.54) is 19.3 Å². The van der Waals surface area contributed by atoms with Crippen molar-refractivity contribution in [3.8, 4) is 0 Å². The largest absolute Gasteiger partial charge is 0.391 e. The van der Waals surface area contributed by atoms with Crippen molar-refractivity contribution in [2.45, 2.75) is 25.4 Å². The van der Waals surface area contributed by atoms with Crippen LogP contribution in [0.1, 0.15) is 19.3 Å². The molecule has 2 aliphatic rings. The highest BCUT2D eigenvalue weighted by Crippen LogP contribution is 2.36. The molecule has 1 heterocycles. The average molecular weight is 141 g/mol. The first kappa shape index (κ1) is 6.62. The molecule has 0 bridgehead atoms. The number of aliphatic hydroxyl groups is 1. The van der Waals surface area contributed by atoms with Crippen LogP contribution in [-0.2, 0) is 0 Å². The highest BCUT2D eigenvalue weighted by atomic mass is 16.3. The maximum absolute atomic E-state index is 9.46. The van der Waals surface area contributed by atoms with Gasteiger partial charge in [-0.05, 0) is 5.92 Å². The van der Waals surface area contributed by atoms with Crippen LogP contribution in [0.2, 0.25) is 0 Å². The third-order valence-corrected chi connectivity index (χ3v) is 2.98. The van der Waals surface area contributed by atoms with Gasteiger partial charge < -0.3 is 10.4 Å². The number of hydrogen-bond donors (Lipinski definition) is 2. The van der Waals surface area contributed by atoms with Gasteiger partial charge in [0.1, 0.15) is 0 Å². The Labute approximate surface area is 61.6 Å². The molecule has 0 aromatic carbocycles. The van der Waals surface area contributed by atoms with Crippen LogP contribution in [0, 0.1) is 11.8 Å². The molecule has 0 spiro atoms. The first-order chi connectivity index (χ1) is 4.88. The molecule has 1 aliphatic heterocycles. The summed E-state index contributed by atoms with van der Waals surface area (Å²) in [5.74, 6) is 1.42. The number of hydrogen-bond acceptors (Lipinski definition) is 2. The Balaban J connectivity index is 1.90. The van der Waals surface area contributed by atoms with E-state index in [1.807, 2.05) is 0 Å². The van der Waals surface area contributed by atoms with Gasteiger partial charge in [0.05, 0.1) is 6.10 Å². The molecule has 2 rings (SSSR count). The summed E-state index contributed by atoms with van der Waals surface area (Å²) in [5.41, 5.74) is 0. The van der Waals surface area contributed by atoms with Crippen LogP contribution >= 0.6 is 0 Å². The number of aliphatic hydroxyl groups excluding tert-OH is 1. The fourth-order valence-electron chi connectivity index (χ4n) is 2.03. The zero-order valence-corrected chi connectivity index (χ0v) is 6.21. The van der Waals surface area contributed by atoms with Gasteiger partial charge in [0.15, 0.2) is 0 Å². The summed E-state index contributed by atoms with van der Waals surface area (Å²) in [6.07, 6.45) is 4.03. The molecule has 10 heavy (non-hydrogen) atoms. The van der Waals surface area contributed by atoms with Crippen molar-refractivity contribution in [3.63, 3.8) is 0 Å². The minimum Gasteiger partial charge on any atom is -0.391 e. The summed E-state index contributed by atoms with van der Waals surface area (Å²) in [6, 6.07) is 0. The first-order valence-electron chi connectivity index (χ1n) is 4.26. The van der Waals surface area contributed by atoms with E-state index in [0.717, 1.165) is 19.0 Å². The minimum absolute atomic E-state index is 0.0506. The summed E-state index contributed by atoms with van der Waals surface area (Å²) in [6.45, 7) is 1.87. The molecule has 0 radical (unpaired) electrons. The Morgan fingerprint density at radius 3 is 2.40 bits per heavy atom. The SMILES string of the molecule is O[C@H]1CNC[C@@H]1C1CCC1. The second-order valence-corrected chi connectivity index (χ2v) is 3.58. The lowest BCUT2D eigenvalue weighted by molar-refractivity contribution is 0.0807. The van der Waals surface area contributed by atoms with E-state index in [1.54, 1.807) is 0 Å². The molecule has 2 N–H and O–H groups in total. The van der Waals surface area contributed by atoms with Crippen molar-refractivity contribution < 1.29 is 5.11 Å². The predicted molar refractivity (Wildman–Crippen MR) is 39.7 cm³/mol. The molecule has 2 fully saturated rings. The van der Waals surface area contributed by atoms with Gasteiger partial charge in [0.2, 0.25) is 0 Å². The molecule has 0 aromatic rings. The van der Waals surface area contributed by atoms with E-state index in [4.69, 9.17) is 0 Å². The van der Waals surface area contributed by atoms with Crippen LogP contribution in [0.4, 0.5) is 0 Å². The van der Waals surface area contributed by atoms with Crippen molar-refractivity contribution in [3.05, 3.63) is 0 Å². The third kappa shape index (κ3) is 0.956. The fraction of sp³-hybridized carbons (Fsp3) is 1.00. The number of nitrogens with one attached hydrogen (secondary N) is 1. The Morgan fingerprint density at radius 2 is 2.00 bits per heavy atom. The maximum atomic E-state index is 9.46. The van der Waals surface area contributed by atoms with Gasteiger partial charge in [-0.15, -0.1) is 0 Å². The molecule has 1 saturated heterocycles. The monoisotopic (exact) mass is 141 g/mol.